The van der Waals surface area contributed by atoms with Crippen LogP contribution in [0.5, 0.6) is 0 Å². The molecule has 1 saturated heterocycles. The van der Waals surface area contributed by atoms with Gasteiger partial charge in [-0.2, -0.15) is 0 Å². The molecule has 1 unspecified atom stereocenters. The van der Waals surface area contributed by atoms with Crippen LogP contribution in [0, 0.1) is 0 Å². The maximum Gasteiger partial charge on any atom is 0.254 e. The molecule has 1 amide bonds. The highest BCUT2D eigenvalue weighted by Crippen LogP contribution is 2.20. The van der Waals surface area contributed by atoms with Crippen molar-refractivity contribution in [3.05, 3.63) is 60.4 Å². The number of aromatic nitrogens is 2. The number of carbonyl (C=O) groups excluding carboxylic acids is 1. The summed E-state index contributed by atoms with van der Waals surface area (Å²) in [5, 5.41) is 0. The fourth-order valence-corrected chi connectivity index (χ4v) is 4.95. The van der Waals surface area contributed by atoms with Crippen molar-refractivity contribution >= 4 is 26.8 Å². The summed E-state index contributed by atoms with van der Waals surface area (Å²) in [6, 6.07) is 14.9. The Morgan fingerprint density at radius 1 is 1.12 bits per heavy atom. The van der Waals surface area contributed by atoms with Crippen LogP contribution in [0.1, 0.15) is 17.3 Å². The van der Waals surface area contributed by atoms with Crippen LogP contribution in [0.2, 0.25) is 0 Å². The molecule has 6 nitrogen and oxygen atoms in total. The lowest BCUT2D eigenvalue weighted by Gasteiger charge is -2.33. The zero-order valence-corrected chi connectivity index (χ0v) is 15.2. The van der Waals surface area contributed by atoms with Gasteiger partial charge in [0.25, 0.3) is 5.91 Å². The fourth-order valence-electron chi connectivity index (χ4n) is 3.40. The number of imidazole rings is 1. The number of fused-ring (bicyclic) bond motifs is 1. The van der Waals surface area contributed by atoms with Gasteiger partial charge in [0.2, 0.25) is 0 Å². The first-order valence-corrected chi connectivity index (χ1v) is 10.3. The summed E-state index contributed by atoms with van der Waals surface area (Å²) in [7, 11) is -3.04. The van der Waals surface area contributed by atoms with Crippen LogP contribution in [0.3, 0.4) is 0 Å². The number of amides is 1. The fraction of sp³-hybridized carbons (Fsp3) is 0.263. The molecule has 3 aromatic rings. The van der Waals surface area contributed by atoms with E-state index in [9.17, 15) is 13.2 Å². The first kappa shape index (κ1) is 16.8. The first-order valence-electron chi connectivity index (χ1n) is 8.48. The number of carbonyl (C=O) groups is 1. The highest BCUT2D eigenvalue weighted by Gasteiger charge is 2.31. The molecular weight excluding hydrogens is 350 g/mol. The van der Waals surface area contributed by atoms with Gasteiger partial charge in [0.15, 0.2) is 9.84 Å². The second kappa shape index (κ2) is 6.25. The summed E-state index contributed by atoms with van der Waals surface area (Å²) in [4.78, 5) is 18.8. The van der Waals surface area contributed by atoms with Crippen LogP contribution in [0.4, 0.5) is 0 Å². The largest absolute Gasteiger partial charge is 0.334 e. The normalized spacial score (nSPS) is 19.6. The van der Waals surface area contributed by atoms with Crippen molar-refractivity contribution in [1.29, 1.82) is 0 Å². The van der Waals surface area contributed by atoms with E-state index in [1.165, 1.54) is 0 Å². The van der Waals surface area contributed by atoms with E-state index in [1.807, 2.05) is 41.0 Å². The van der Waals surface area contributed by atoms with Crippen LogP contribution in [-0.4, -0.2) is 52.9 Å². The number of para-hydroxylation sites is 2. The number of sulfone groups is 1. The molecular formula is C19H19N3O3S. The molecule has 0 N–H and O–H groups in total. The van der Waals surface area contributed by atoms with Crippen molar-refractivity contribution in [1.82, 2.24) is 14.5 Å². The standard InChI is InChI=1S/C19H19N3O3S/c1-14-12-26(24,25)11-10-21(14)19(23)15-6-8-16(9-7-15)22-13-20-17-4-2-3-5-18(17)22/h2-9,13-14H,10-12H2,1H3. The molecule has 134 valence electrons. The Kier molecular flexibility index (Phi) is 4.03. The van der Waals surface area contributed by atoms with Crippen LogP contribution in [-0.2, 0) is 9.84 Å². The van der Waals surface area contributed by atoms with Crippen molar-refractivity contribution in [2.24, 2.45) is 0 Å². The smallest absolute Gasteiger partial charge is 0.254 e. The minimum absolute atomic E-state index is 0.0256. The molecule has 0 radical (unpaired) electrons. The number of benzene rings is 2. The summed E-state index contributed by atoms with van der Waals surface area (Å²) in [6.45, 7) is 2.02. The van der Waals surface area contributed by atoms with Gasteiger partial charge < -0.3 is 4.90 Å². The van der Waals surface area contributed by atoms with Gasteiger partial charge in [-0.3, -0.25) is 9.36 Å². The molecule has 0 aliphatic carbocycles. The molecule has 26 heavy (non-hydrogen) atoms. The van der Waals surface area contributed by atoms with Crippen LogP contribution in [0.25, 0.3) is 16.7 Å². The van der Waals surface area contributed by atoms with Gasteiger partial charge in [-0.25, -0.2) is 13.4 Å². The summed E-state index contributed by atoms with van der Waals surface area (Å²) >= 11 is 0. The third kappa shape index (κ3) is 2.99. The highest BCUT2D eigenvalue weighted by molar-refractivity contribution is 7.91. The molecule has 1 atom stereocenters. The van der Waals surface area contributed by atoms with E-state index >= 15 is 0 Å². The monoisotopic (exact) mass is 369 g/mol. The van der Waals surface area contributed by atoms with E-state index in [4.69, 9.17) is 0 Å². The summed E-state index contributed by atoms with van der Waals surface area (Å²) in [5.74, 6) is -0.0746. The van der Waals surface area contributed by atoms with Crippen LogP contribution in [0.15, 0.2) is 54.9 Å². The second-order valence-electron chi connectivity index (χ2n) is 6.61. The molecule has 1 aliphatic rings. The summed E-state index contributed by atoms with van der Waals surface area (Å²) < 4.78 is 25.4. The molecule has 0 saturated carbocycles. The molecule has 1 aromatic heterocycles. The van der Waals surface area contributed by atoms with E-state index in [-0.39, 0.29) is 30.0 Å². The summed E-state index contributed by atoms with van der Waals surface area (Å²) in [6.07, 6.45) is 1.76. The maximum absolute atomic E-state index is 12.7. The Morgan fingerprint density at radius 3 is 2.58 bits per heavy atom. The number of hydrogen-bond acceptors (Lipinski definition) is 4. The maximum atomic E-state index is 12.7. The van der Waals surface area contributed by atoms with Crippen LogP contribution >= 0.6 is 0 Å². The highest BCUT2D eigenvalue weighted by atomic mass is 32.2. The van der Waals surface area contributed by atoms with E-state index < -0.39 is 9.84 Å². The lowest BCUT2D eigenvalue weighted by Crippen LogP contribution is -2.49. The Balaban J connectivity index is 1.59. The van der Waals surface area contributed by atoms with E-state index in [1.54, 1.807) is 30.3 Å². The molecule has 0 bridgehead atoms. The van der Waals surface area contributed by atoms with Gasteiger partial charge in [-0.1, -0.05) is 12.1 Å². The predicted molar refractivity (Wildman–Crippen MR) is 100 cm³/mol. The molecule has 7 heteroatoms. The van der Waals surface area contributed by atoms with Crippen LogP contribution < -0.4 is 0 Å². The predicted octanol–water partition coefficient (Wildman–Crippen LogP) is 2.28. The molecule has 4 rings (SSSR count). The molecule has 1 fully saturated rings. The third-order valence-electron chi connectivity index (χ3n) is 4.78. The van der Waals surface area contributed by atoms with Gasteiger partial charge in [0, 0.05) is 23.8 Å². The quantitative estimate of drug-likeness (QED) is 0.695. The van der Waals surface area contributed by atoms with Crippen molar-refractivity contribution in [3.63, 3.8) is 0 Å². The van der Waals surface area contributed by atoms with Crippen molar-refractivity contribution in [2.45, 2.75) is 13.0 Å². The topological polar surface area (TPSA) is 72.3 Å². The van der Waals surface area contributed by atoms with Gasteiger partial charge in [0.1, 0.15) is 6.33 Å². The van der Waals surface area contributed by atoms with Gasteiger partial charge >= 0.3 is 0 Å². The van der Waals surface area contributed by atoms with E-state index in [0.29, 0.717) is 5.56 Å². The molecule has 2 aromatic carbocycles. The lowest BCUT2D eigenvalue weighted by molar-refractivity contribution is 0.0712. The molecule has 0 spiro atoms. The lowest BCUT2D eigenvalue weighted by atomic mass is 10.1. The van der Waals surface area contributed by atoms with E-state index in [2.05, 4.69) is 4.98 Å². The number of nitrogens with zero attached hydrogens (tertiary/aromatic N) is 3. The van der Waals surface area contributed by atoms with Gasteiger partial charge in [0.05, 0.1) is 22.5 Å². The van der Waals surface area contributed by atoms with Gasteiger partial charge in [-0.05, 0) is 43.3 Å². The Morgan fingerprint density at radius 2 is 1.85 bits per heavy atom. The van der Waals surface area contributed by atoms with E-state index in [0.717, 1.165) is 16.7 Å². The van der Waals surface area contributed by atoms with Crippen molar-refractivity contribution < 1.29 is 13.2 Å². The minimum atomic E-state index is -3.04. The zero-order chi connectivity index (χ0) is 18.3. The third-order valence-corrected chi connectivity index (χ3v) is 6.57. The second-order valence-corrected chi connectivity index (χ2v) is 8.84. The average Bonchev–Trinajstić information content (AvgIpc) is 3.05. The SMILES string of the molecule is CC1CS(=O)(=O)CCN1C(=O)c1ccc(-n2cnc3ccccc32)cc1. The molecule has 1 aliphatic heterocycles. The first-order chi connectivity index (χ1) is 12.4. The minimum Gasteiger partial charge on any atom is -0.334 e. The average molecular weight is 369 g/mol. The summed E-state index contributed by atoms with van der Waals surface area (Å²) in [5.41, 5.74) is 3.39. The number of hydrogen-bond donors (Lipinski definition) is 0. The zero-order valence-electron chi connectivity index (χ0n) is 14.4. The molecule has 2 heterocycles. The van der Waals surface area contributed by atoms with Gasteiger partial charge in [-0.15, -0.1) is 0 Å². The Bertz CT molecular complexity index is 1070. The number of rotatable bonds is 2. The Labute approximate surface area is 152 Å². The van der Waals surface area contributed by atoms with Crippen molar-refractivity contribution in [3.8, 4) is 5.69 Å². The Hall–Kier alpha value is -2.67. The van der Waals surface area contributed by atoms with Crippen molar-refractivity contribution in [2.75, 3.05) is 18.1 Å².